The van der Waals surface area contributed by atoms with Gasteiger partial charge in [0, 0.05) is 0 Å². The molecule has 1 aliphatic rings. The van der Waals surface area contributed by atoms with Crippen molar-refractivity contribution >= 4 is 0 Å². The standard InChI is InChI=1S/C11H20O/c1-11(2,3)10(12)9-7-5-4-6-8-9/h7,10,12H,4-6,8H2,1-3H3. The molecule has 0 aromatic carbocycles. The number of allylic oxidation sites excluding steroid dienone is 1. The maximum absolute atomic E-state index is 9.94. The molecule has 0 aromatic rings. The van der Waals surface area contributed by atoms with E-state index in [2.05, 4.69) is 26.8 Å². The van der Waals surface area contributed by atoms with Crippen LogP contribution >= 0.6 is 0 Å². The van der Waals surface area contributed by atoms with Gasteiger partial charge in [-0.3, -0.25) is 0 Å². The lowest BCUT2D eigenvalue weighted by Crippen LogP contribution is -2.28. The summed E-state index contributed by atoms with van der Waals surface area (Å²) in [6.45, 7) is 6.27. The molecule has 0 saturated carbocycles. The van der Waals surface area contributed by atoms with E-state index in [9.17, 15) is 5.11 Å². The maximum atomic E-state index is 9.94. The van der Waals surface area contributed by atoms with Crippen LogP contribution in [0, 0.1) is 5.41 Å². The lowest BCUT2D eigenvalue weighted by Gasteiger charge is -2.29. The van der Waals surface area contributed by atoms with Gasteiger partial charge in [0.1, 0.15) is 0 Å². The molecule has 0 aromatic heterocycles. The Morgan fingerprint density at radius 1 is 1.33 bits per heavy atom. The molecular weight excluding hydrogens is 148 g/mol. The van der Waals surface area contributed by atoms with Gasteiger partial charge in [-0.2, -0.15) is 0 Å². The Kier molecular flexibility index (Phi) is 2.94. The number of aliphatic hydroxyl groups excluding tert-OH is 1. The van der Waals surface area contributed by atoms with E-state index in [0.717, 1.165) is 12.8 Å². The van der Waals surface area contributed by atoms with E-state index in [1.165, 1.54) is 18.4 Å². The minimum atomic E-state index is -0.238. The van der Waals surface area contributed by atoms with Crippen molar-refractivity contribution in [1.82, 2.24) is 0 Å². The first-order valence-electron chi connectivity index (χ1n) is 4.89. The number of hydrogen-bond donors (Lipinski definition) is 1. The molecule has 0 radical (unpaired) electrons. The lowest BCUT2D eigenvalue weighted by molar-refractivity contribution is 0.0902. The third-order valence-corrected chi connectivity index (χ3v) is 2.50. The number of hydrogen-bond acceptors (Lipinski definition) is 1. The molecule has 70 valence electrons. The Hall–Kier alpha value is -0.300. The maximum Gasteiger partial charge on any atom is 0.0798 e. The molecule has 1 unspecified atom stereocenters. The van der Waals surface area contributed by atoms with Gasteiger partial charge >= 0.3 is 0 Å². The fourth-order valence-electron chi connectivity index (χ4n) is 1.67. The SMILES string of the molecule is CC(C)(C)C(O)C1=CCCCC1. The molecule has 1 atom stereocenters. The fourth-order valence-corrected chi connectivity index (χ4v) is 1.67. The first kappa shape index (κ1) is 9.79. The highest BCUT2D eigenvalue weighted by atomic mass is 16.3. The van der Waals surface area contributed by atoms with Gasteiger partial charge in [-0.1, -0.05) is 26.8 Å². The molecule has 0 spiro atoms. The zero-order chi connectivity index (χ0) is 9.19. The normalized spacial score (nSPS) is 21.8. The second-order valence-electron chi connectivity index (χ2n) is 4.79. The van der Waals surface area contributed by atoms with Crippen molar-refractivity contribution < 1.29 is 5.11 Å². The van der Waals surface area contributed by atoms with Crippen molar-refractivity contribution in [2.45, 2.75) is 52.6 Å². The van der Waals surface area contributed by atoms with Crippen LogP contribution < -0.4 is 0 Å². The second-order valence-corrected chi connectivity index (χ2v) is 4.79. The molecule has 0 bridgehead atoms. The molecule has 0 heterocycles. The minimum absolute atomic E-state index is 0.00315. The van der Waals surface area contributed by atoms with Crippen LogP contribution in [0.15, 0.2) is 11.6 Å². The number of aliphatic hydroxyl groups is 1. The molecule has 12 heavy (non-hydrogen) atoms. The summed E-state index contributed by atoms with van der Waals surface area (Å²) in [4.78, 5) is 0. The third-order valence-electron chi connectivity index (χ3n) is 2.50. The van der Waals surface area contributed by atoms with E-state index in [1.807, 2.05) is 0 Å². The summed E-state index contributed by atoms with van der Waals surface area (Å²) in [7, 11) is 0. The van der Waals surface area contributed by atoms with E-state index in [4.69, 9.17) is 0 Å². The Bertz CT molecular complexity index is 174. The Morgan fingerprint density at radius 3 is 2.42 bits per heavy atom. The van der Waals surface area contributed by atoms with Crippen molar-refractivity contribution in [1.29, 1.82) is 0 Å². The highest BCUT2D eigenvalue weighted by Crippen LogP contribution is 2.30. The zero-order valence-electron chi connectivity index (χ0n) is 8.43. The lowest BCUT2D eigenvalue weighted by atomic mass is 9.81. The molecule has 1 aliphatic carbocycles. The first-order chi connectivity index (χ1) is 5.52. The summed E-state index contributed by atoms with van der Waals surface area (Å²) >= 11 is 0. The molecular formula is C11H20O. The van der Waals surface area contributed by atoms with Crippen LogP contribution in [-0.4, -0.2) is 11.2 Å². The molecule has 0 fully saturated rings. The summed E-state index contributed by atoms with van der Waals surface area (Å²) < 4.78 is 0. The molecule has 1 N–H and O–H groups in total. The van der Waals surface area contributed by atoms with Crippen molar-refractivity contribution in [3.63, 3.8) is 0 Å². The monoisotopic (exact) mass is 168 g/mol. The third kappa shape index (κ3) is 2.34. The number of rotatable bonds is 1. The van der Waals surface area contributed by atoms with E-state index >= 15 is 0 Å². The molecule has 0 aliphatic heterocycles. The van der Waals surface area contributed by atoms with E-state index in [1.54, 1.807) is 0 Å². The van der Waals surface area contributed by atoms with Crippen molar-refractivity contribution in [2.75, 3.05) is 0 Å². The van der Waals surface area contributed by atoms with Gasteiger partial charge < -0.3 is 5.11 Å². The van der Waals surface area contributed by atoms with Gasteiger partial charge in [0.25, 0.3) is 0 Å². The average Bonchev–Trinajstić information content (AvgIpc) is 2.03. The largest absolute Gasteiger partial charge is 0.388 e. The summed E-state index contributed by atoms with van der Waals surface area (Å²) in [5.41, 5.74) is 1.26. The van der Waals surface area contributed by atoms with Gasteiger partial charge in [-0.05, 0) is 36.7 Å². The minimum Gasteiger partial charge on any atom is -0.388 e. The first-order valence-corrected chi connectivity index (χ1v) is 4.89. The topological polar surface area (TPSA) is 20.2 Å². The molecule has 0 amide bonds. The molecule has 1 rings (SSSR count). The zero-order valence-corrected chi connectivity index (χ0v) is 8.43. The van der Waals surface area contributed by atoms with Gasteiger partial charge in [0.05, 0.1) is 6.10 Å². The van der Waals surface area contributed by atoms with Crippen LogP contribution in [0.3, 0.4) is 0 Å². The van der Waals surface area contributed by atoms with Crippen molar-refractivity contribution in [3.8, 4) is 0 Å². The van der Waals surface area contributed by atoms with Crippen LogP contribution in [0.2, 0.25) is 0 Å². The average molecular weight is 168 g/mol. The fraction of sp³-hybridized carbons (Fsp3) is 0.818. The Labute approximate surface area is 75.5 Å². The van der Waals surface area contributed by atoms with Gasteiger partial charge in [-0.25, -0.2) is 0 Å². The summed E-state index contributed by atoms with van der Waals surface area (Å²) in [5.74, 6) is 0. The van der Waals surface area contributed by atoms with Crippen LogP contribution in [0.5, 0.6) is 0 Å². The summed E-state index contributed by atoms with van der Waals surface area (Å²) in [6.07, 6.45) is 6.78. The van der Waals surface area contributed by atoms with Crippen LogP contribution in [0.25, 0.3) is 0 Å². The van der Waals surface area contributed by atoms with Gasteiger partial charge in [-0.15, -0.1) is 0 Å². The smallest absolute Gasteiger partial charge is 0.0798 e. The van der Waals surface area contributed by atoms with Crippen LogP contribution in [0.1, 0.15) is 46.5 Å². The predicted octanol–water partition coefficient (Wildman–Crippen LogP) is 2.89. The molecule has 1 heteroatoms. The predicted molar refractivity (Wildman–Crippen MR) is 52.0 cm³/mol. The van der Waals surface area contributed by atoms with Gasteiger partial charge in [0.15, 0.2) is 0 Å². The van der Waals surface area contributed by atoms with E-state index in [-0.39, 0.29) is 11.5 Å². The highest BCUT2D eigenvalue weighted by Gasteiger charge is 2.25. The van der Waals surface area contributed by atoms with Gasteiger partial charge in [0.2, 0.25) is 0 Å². The van der Waals surface area contributed by atoms with Crippen LogP contribution in [0.4, 0.5) is 0 Å². The van der Waals surface area contributed by atoms with Crippen LogP contribution in [-0.2, 0) is 0 Å². The summed E-state index contributed by atoms with van der Waals surface area (Å²) in [5, 5.41) is 9.94. The quantitative estimate of drug-likeness (QED) is 0.597. The Balaban J connectivity index is 2.62. The molecule has 1 nitrogen and oxygen atoms in total. The summed E-state index contributed by atoms with van der Waals surface area (Å²) in [6, 6.07) is 0. The molecule has 0 saturated heterocycles. The van der Waals surface area contributed by atoms with Crippen molar-refractivity contribution in [3.05, 3.63) is 11.6 Å². The van der Waals surface area contributed by atoms with E-state index < -0.39 is 0 Å². The second kappa shape index (κ2) is 3.61. The highest BCUT2D eigenvalue weighted by molar-refractivity contribution is 5.13. The van der Waals surface area contributed by atoms with E-state index in [0.29, 0.717) is 0 Å². The van der Waals surface area contributed by atoms with Crippen molar-refractivity contribution in [2.24, 2.45) is 5.41 Å². The Morgan fingerprint density at radius 2 is 2.00 bits per heavy atom.